The maximum atomic E-state index is 13.2. The Balaban J connectivity index is 1.81. The third-order valence-corrected chi connectivity index (χ3v) is 13.8. The monoisotopic (exact) mass is 998 g/mol. The molecule has 14 nitrogen and oxygen atoms in total. The number of aliphatic hydroxyl groups is 8. The van der Waals surface area contributed by atoms with Gasteiger partial charge in [-0.15, -0.1) is 0 Å². The van der Waals surface area contributed by atoms with Gasteiger partial charge in [-0.1, -0.05) is 204 Å². The number of rotatable bonds is 44. The molecule has 70 heavy (non-hydrogen) atoms. The van der Waals surface area contributed by atoms with Crippen molar-refractivity contribution in [3.05, 3.63) is 36.5 Å². The summed E-state index contributed by atoms with van der Waals surface area (Å²) in [5.41, 5.74) is 0. The smallest absolute Gasteiger partial charge is 0.220 e. The number of amides is 1. The standard InChI is InChI=1S/C56H103NO13/c1-3-5-7-9-11-13-15-17-19-21-22-23-24-26-28-30-32-34-36-38-40-48(61)57-44(45(60)39-37-35-33-31-29-27-25-20-18-16-14-12-10-8-6-4-2)43-67-55-53(66)51(64)54(47(42-59)69-55)70-56-52(65)50(63)49(62)46(41-58)68-56/h18,20,29,31,37,39,44-47,49-56,58-60,62-66H,3-17,19,21-28,30,32-36,38,40-43H2,1-2H3,(H,57,61)/b20-18+,31-29+,39-37+. The predicted octanol–water partition coefficient (Wildman–Crippen LogP) is 8.66. The molecular weight excluding hydrogens is 895 g/mol. The van der Waals surface area contributed by atoms with Gasteiger partial charge in [0.15, 0.2) is 12.6 Å². The number of ether oxygens (including phenoxy) is 4. The summed E-state index contributed by atoms with van der Waals surface area (Å²) in [5.74, 6) is -0.251. The van der Waals surface area contributed by atoms with Crippen LogP contribution in [0.5, 0.6) is 0 Å². The van der Waals surface area contributed by atoms with Gasteiger partial charge >= 0.3 is 0 Å². The summed E-state index contributed by atoms with van der Waals surface area (Å²) in [6, 6.07) is -0.934. The number of carbonyl (C=O) groups is 1. The van der Waals surface area contributed by atoms with Crippen molar-refractivity contribution in [1.82, 2.24) is 5.32 Å². The molecule has 2 aliphatic rings. The van der Waals surface area contributed by atoms with E-state index in [4.69, 9.17) is 18.9 Å². The van der Waals surface area contributed by atoms with Crippen LogP contribution in [0.4, 0.5) is 0 Å². The lowest BCUT2D eigenvalue weighted by molar-refractivity contribution is -0.359. The van der Waals surface area contributed by atoms with E-state index in [1.54, 1.807) is 6.08 Å². The number of hydrogen-bond donors (Lipinski definition) is 9. The molecule has 0 aromatic carbocycles. The molecule has 2 rings (SSSR count). The van der Waals surface area contributed by atoms with Crippen molar-refractivity contribution in [3.63, 3.8) is 0 Å². The number of carbonyl (C=O) groups excluding carboxylic acids is 1. The molecule has 0 radical (unpaired) electrons. The van der Waals surface area contributed by atoms with Crippen LogP contribution >= 0.6 is 0 Å². The largest absolute Gasteiger partial charge is 0.394 e. The third-order valence-electron chi connectivity index (χ3n) is 13.8. The number of unbranched alkanes of at least 4 members (excludes halogenated alkanes) is 27. The number of hydrogen-bond acceptors (Lipinski definition) is 13. The third kappa shape index (κ3) is 28.6. The molecule has 2 saturated heterocycles. The van der Waals surface area contributed by atoms with Gasteiger partial charge in [-0.25, -0.2) is 0 Å². The molecule has 2 heterocycles. The first-order chi connectivity index (χ1) is 34.1. The first kappa shape index (κ1) is 64.3. The quantitative estimate of drug-likeness (QED) is 0.0206. The molecule has 0 spiro atoms. The van der Waals surface area contributed by atoms with E-state index in [0.29, 0.717) is 12.8 Å². The van der Waals surface area contributed by atoms with Gasteiger partial charge in [0.2, 0.25) is 5.91 Å². The molecule has 12 atom stereocenters. The molecular formula is C56H103NO13. The number of allylic oxidation sites excluding steroid dienone is 5. The lowest BCUT2D eigenvalue weighted by Gasteiger charge is -2.46. The minimum absolute atomic E-state index is 0.251. The summed E-state index contributed by atoms with van der Waals surface area (Å²) in [5, 5.41) is 86.9. The predicted molar refractivity (Wildman–Crippen MR) is 277 cm³/mol. The maximum absolute atomic E-state index is 13.2. The van der Waals surface area contributed by atoms with Crippen LogP contribution in [0.2, 0.25) is 0 Å². The highest BCUT2D eigenvalue weighted by Crippen LogP contribution is 2.30. The molecule has 0 aromatic heterocycles. The zero-order chi connectivity index (χ0) is 51.0. The van der Waals surface area contributed by atoms with Gasteiger partial charge in [0.1, 0.15) is 48.8 Å². The van der Waals surface area contributed by atoms with Crippen LogP contribution in [0, 0.1) is 0 Å². The molecule has 1 amide bonds. The fraction of sp³-hybridized carbons (Fsp3) is 0.875. The van der Waals surface area contributed by atoms with Crippen LogP contribution in [-0.2, 0) is 23.7 Å². The zero-order valence-electron chi connectivity index (χ0n) is 43.8. The Bertz CT molecular complexity index is 1320. The molecule has 14 heteroatoms. The Morgan fingerprint density at radius 1 is 0.500 bits per heavy atom. The van der Waals surface area contributed by atoms with Crippen molar-refractivity contribution in [2.45, 2.75) is 293 Å². The summed E-state index contributed by atoms with van der Waals surface area (Å²) in [4.78, 5) is 13.2. The molecule has 0 saturated carbocycles. The van der Waals surface area contributed by atoms with Crippen molar-refractivity contribution < 1.29 is 64.6 Å². The molecule has 0 aromatic rings. The average Bonchev–Trinajstić information content (AvgIpc) is 3.36. The van der Waals surface area contributed by atoms with Crippen LogP contribution in [0.15, 0.2) is 36.5 Å². The van der Waals surface area contributed by atoms with Gasteiger partial charge in [-0.3, -0.25) is 4.79 Å². The highest BCUT2D eigenvalue weighted by atomic mass is 16.7. The van der Waals surface area contributed by atoms with Crippen LogP contribution in [-0.4, -0.2) is 140 Å². The van der Waals surface area contributed by atoms with E-state index in [1.807, 2.05) is 6.08 Å². The number of aliphatic hydroxyl groups excluding tert-OH is 8. The van der Waals surface area contributed by atoms with E-state index in [9.17, 15) is 45.6 Å². The Hall–Kier alpha value is -1.79. The van der Waals surface area contributed by atoms with Crippen LogP contribution in [0.25, 0.3) is 0 Å². The summed E-state index contributed by atoms with van der Waals surface area (Å²) in [6.07, 6.45) is 33.2. The van der Waals surface area contributed by atoms with E-state index in [1.165, 1.54) is 141 Å². The van der Waals surface area contributed by atoms with Crippen molar-refractivity contribution >= 4 is 5.91 Å². The van der Waals surface area contributed by atoms with E-state index >= 15 is 0 Å². The van der Waals surface area contributed by atoms with Gasteiger partial charge in [0.25, 0.3) is 0 Å². The van der Waals surface area contributed by atoms with Crippen molar-refractivity contribution in [1.29, 1.82) is 0 Å². The first-order valence-corrected chi connectivity index (χ1v) is 28.2. The van der Waals surface area contributed by atoms with Crippen molar-refractivity contribution in [2.24, 2.45) is 0 Å². The number of nitrogens with one attached hydrogen (secondary N) is 1. The second-order valence-electron chi connectivity index (χ2n) is 20.1. The summed E-state index contributed by atoms with van der Waals surface area (Å²) >= 11 is 0. The van der Waals surface area contributed by atoms with Gasteiger partial charge in [0, 0.05) is 6.42 Å². The second kappa shape index (κ2) is 42.6. The zero-order valence-corrected chi connectivity index (χ0v) is 43.8. The Labute approximate surface area is 423 Å². The molecule has 2 fully saturated rings. The Morgan fingerprint density at radius 2 is 0.914 bits per heavy atom. The fourth-order valence-electron chi connectivity index (χ4n) is 9.21. The topological polar surface area (TPSA) is 228 Å². The normalized spacial score (nSPS) is 26.2. The molecule has 410 valence electrons. The molecule has 12 unspecified atom stereocenters. The summed E-state index contributed by atoms with van der Waals surface area (Å²) in [7, 11) is 0. The van der Waals surface area contributed by atoms with Crippen molar-refractivity contribution in [2.75, 3.05) is 19.8 Å². The Morgan fingerprint density at radius 3 is 1.40 bits per heavy atom. The van der Waals surface area contributed by atoms with E-state index in [0.717, 1.165) is 44.9 Å². The summed E-state index contributed by atoms with van der Waals surface area (Å²) in [6.45, 7) is 2.77. The molecule has 2 aliphatic heterocycles. The fourth-order valence-corrected chi connectivity index (χ4v) is 9.21. The molecule has 0 aliphatic carbocycles. The van der Waals surface area contributed by atoms with Crippen molar-refractivity contribution in [3.8, 4) is 0 Å². The van der Waals surface area contributed by atoms with Gasteiger partial charge < -0.3 is 65.1 Å². The second-order valence-corrected chi connectivity index (χ2v) is 20.1. The van der Waals surface area contributed by atoms with Crippen LogP contribution in [0.1, 0.15) is 219 Å². The molecule has 9 N–H and O–H groups in total. The highest BCUT2D eigenvalue weighted by Gasteiger charge is 2.51. The Kier molecular flexibility index (Phi) is 39.1. The van der Waals surface area contributed by atoms with Crippen LogP contribution in [0.3, 0.4) is 0 Å². The summed E-state index contributed by atoms with van der Waals surface area (Å²) < 4.78 is 22.7. The molecule has 0 bridgehead atoms. The van der Waals surface area contributed by atoms with Gasteiger partial charge in [-0.05, 0) is 44.9 Å². The minimum Gasteiger partial charge on any atom is -0.394 e. The van der Waals surface area contributed by atoms with E-state index in [2.05, 4.69) is 43.5 Å². The highest BCUT2D eigenvalue weighted by molar-refractivity contribution is 5.76. The average molecular weight is 998 g/mol. The SMILES string of the molecule is CCCCCCCC/C=C/CC/C=C/CC/C=C/C(O)C(COC1OC(CO)C(OC2OC(CO)C(O)C(O)C2O)C(O)C1O)NC(=O)CCCCCCCCCCCCCCCCCCCCCC. The lowest BCUT2D eigenvalue weighted by Crippen LogP contribution is -2.65. The lowest BCUT2D eigenvalue weighted by atomic mass is 9.97. The van der Waals surface area contributed by atoms with Crippen LogP contribution < -0.4 is 5.32 Å². The van der Waals surface area contributed by atoms with E-state index in [-0.39, 0.29) is 18.9 Å². The minimum atomic E-state index is -1.79. The van der Waals surface area contributed by atoms with Gasteiger partial charge in [0.05, 0.1) is 32.0 Å². The maximum Gasteiger partial charge on any atom is 0.220 e. The first-order valence-electron chi connectivity index (χ1n) is 28.2. The van der Waals surface area contributed by atoms with Gasteiger partial charge in [-0.2, -0.15) is 0 Å². The van der Waals surface area contributed by atoms with E-state index < -0.39 is 86.8 Å².